The number of aryl methyl sites for hydroxylation is 1. The first-order chi connectivity index (χ1) is 9.90. The van der Waals surface area contributed by atoms with Gasteiger partial charge in [-0.2, -0.15) is 0 Å². The van der Waals surface area contributed by atoms with Crippen LogP contribution in [0.5, 0.6) is 11.5 Å². The zero-order valence-corrected chi connectivity index (χ0v) is 13.1. The number of nitro groups is 1. The number of hydrogen-bond donors (Lipinski definition) is 1. The predicted molar refractivity (Wildman–Crippen MR) is 82.7 cm³/mol. The van der Waals surface area contributed by atoms with Gasteiger partial charge < -0.3 is 9.84 Å². The molecule has 2 rings (SSSR count). The molecule has 2 aromatic carbocycles. The van der Waals surface area contributed by atoms with Crippen molar-refractivity contribution in [1.29, 1.82) is 0 Å². The van der Waals surface area contributed by atoms with Crippen LogP contribution in [0.3, 0.4) is 0 Å². The summed E-state index contributed by atoms with van der Waals surface area (Å²) in [5.41, 5.74) is 1.21. The van der Waals surface area contributed by atoms with E-state index in [-0.39, 0.29) is 11.4 Å². The van der Waals surface area contributed by atoms with Crippen molar-refractivity contribution in [2.75, 3.05) is 0 Å². The molecule has 0 unspecified atom stereocenters. The number of para-hydroxylation sites is 1. The van der Waals surface area contributed by atoms with Gasteiger partial charge in [0.2, 0.25) is 5.75 Å². The maximum Gasteiger partial charge on any atom is 0.314 e. The highest BCUT2D eigenvalue weighted by Crippen LogP contribution is 2.37. The first-order valence-electron chi connectivity index (χ1n) is 6.29. The summed E-state index contributed by atoms with van der Waals surface area (Å²) in [6.07, 6.45) is -0.594. The van der Waals surface area contributed by atoms with E-state index in [2.05, 4.69) is 15.9 Å². The number of nitrogens with zero attached hydrogens (tertiary/aromatic N) is 1. The molecule has 0 aliphatic heterocycles. The van der Waals surface area contributed by atoms with E-state index in [1.54, 1.807) is 50.2 Å². The zero-order chi connectivity index (χ0) is 15.6. The lowest BCUT2D eigenvalue weighted by Gasteiger charge is -2.11. The molecule has 6 heteroatoms. The van der Waals surface area contributed by atoms with Crippen LogP contribution in [0.25, 0.3) is 0 Å². The molecule has 0 aliphatic rings. The normalized spacial score (nSPS) is 12.0. The van der Waals surface area contributed by atoms with Crippen molar-refractivity contribution in [2.45, 2.75) is 20.0 Å². The Balaban J connectivity index is 2.39. The zero-order valence-electron chi connectivity index (χ0n) is 11.5. The maximum absolute atomic E-state index is 11.1. The third-order valence-electron chi connectivity index (χ3n) is 3.04. The van der Waals surface area contributed by atoms with Gasteiger partial charge in [-0.1, -0.05) is 18.2 Å². The Kier molecular flexibility index (Phi) is 4.59. The van der Waals surface area contributed by atoms with Crippen molar-refractivity contribution in [3.05, 3.63) is 62.1 Å². The fraction of sp³-hybridized carbons (Fsp3) is 0.200. The van der Waals surface area contributed by atoms with E-state index in [0.29, 0.717) is 15.8 Å². The molecule has 0 radical (unpaired) electrons. The summed E-state index contributed by atoms with van der Waals surface area (Å²) in [6.45, 7) is 3.32. The minimum atomic E-state index is -0.594. The lowest BCUT2D eigenvalue weighted by atomic mass is 10.1. The van der Waals surface area contributed by atoms with Gasteiger partial charge in [0.15, 0.2) is 0 Å². The van der Waals surface area contributed by atoms with Crippen molar-refractivity contribution in [3.63, 3.8) is 0 Å². The first kappa shape index (κ1) is 15.5. The fourth-order valence-electron chi connectivity index (χ4n) is 1.93. The lowest BCUT2D eigenvalue weighted by Crippen LogP contribution is -1.97. The Labute approximate surface area is 130 Å². The molecule has 21 heavy (non-hydrogen) atoms. The van der Waals surface area contributed by atoms with Crippen molar-refractivity contribution in [2.24, 2.45) is 0 Å². The SMILES string of the molecule is Cc1cccc(Oc2ccc([C@H](C)O)cc2Br)c1[N+](=O)[O-]. The van der Waals surface area contributed by atoms with Crippen LogP contribution in [-0.4, -0.2) is 10.0 Å². The topological polar surface area (TPSA) is 72.6 Å². The minimum Gasteiger partial charge on any atom is -0.449 e. The Morgan fingerprint density at radius 2 is 2.00 bits per heavy atom. The number of hydrogen-bond acceptors (Lipinski definition) is 4. The van der Waals surface area contributed by atoms with Crippen LogP contribution >= 0.6 is 15.9 Å². The molecule has 0 bridgehead atoms. The highest BCUT2D eigenvalue weighted by atomic mass is 79.9. The van der Waals surface area contributed by atoms with Crippen LogP contribution in [0.1, 0.15) is 24.2 Å². The van der Waals surface area contributed by atoms with Gasteiger partial charge >= 0.3 is 5.69 Å². The molecule has 0 amide bonds. The van der Waals surface area contributed by atoms with Gasteiger partial charge in [-0.25, -0.2) is 0 Å². The fourth-order valence-corrected chi connectivity index (χ4v) is 2.40. The van der Waals surface area contributed by atoms with Gasteiger partial charge in [0, 0.05) is 5.56 Å². The Hall–Kier alpha value is -1.92. The van der Waals surface area contributed by atoms with Crippen LogP contribution in [0, 0.1) is 17.0 Å². The second-order valence-corrected chi connectivity index (χ2v) is 5.50. The molecule has 110 valence electrons. The molecule has 0 saturated heterocycles. The van der Waals surface area contributed by atoms with E-state index in [9.17, 15) is 15.2 Å². The summed E-state index contributed by atoms with van der Waals surface area (Å²) in [5, 5.41) is 20.7. The largest absolute Gasteiger partial charge is 0.449 e. The van der Waals surface area contributed by atoms with Crippen LogP contribution in [0.2, 0.25) is 0 Å². The molecular weight excluding hydrogens is 338 g/mol. The van der Waals surface area contributed by atoms with Gasteiger partial charge in [0.05, 0.1) is 15.5 Å². The van der Waals surface area contributed by atoms with Gasteiger partial charge in [-0.15, -0.1) is 0 Å². The smallest absolute Gasteiger partial charge is 0.314 e. The van der Waals surface area contributed by atoms with Gasteiger partial charge in [-0.3, -0.25) is 10.1 Å². The third kappa shape index (κ3) is 3.40. The number of nitro benzene ring substituents is 1. The van der Waals surface area contributed by atoms with Crippen LogP contribution in [0.15, 0.2) is 40.9 Å². The van der Waals surface area contributed by atoms with Gasteiger partial charge in [0.25, 0.3) is 0 Å². The lowest BCUT2D eigenvalue weighted by molar-refractivity contribution is -0.386. The predicted octanol–water partition coefficient (Wildman–Crippen LogP) is 4.51. The Morgan fingerprint density at radius 1 is 1.29 bits per heavy atom. The minimum absolute atomic E-state index is 0.0518. The molecule has 2 aromatic rings. The van der Waals surface area contributed by atoms with E-state index in [0.717, 1.165) is 5.56 Å². The number of benzene rings is 2. The van der Waals surface area contributed by atoms with Crippen LogP contribution in [-0.2, 0) is 0 Å². The molecule has 1 N–H and O–H groups in total. The van der Waals surface area contributed by atoms with Gasteiger partial charge in [-0.05, 0) is 53.5 Å². The third-order valence-corrected chi connectivity index (χ3v) is 3.66. The average Bonchev–Trinajstić information content (AvgIpc) is 2.40. The first-order valence-corrected chi connectivity index (χ1v) is 7.09. The monoisotopic (exact) mass is 351 g/mol. The summed E-state index contributed by atoms with van der Waals surface area (Å²) in [6, 6.07) is 10.0. The van der Waals surface area contributed by atoms with Gasteiger partial charge in [0.1, 0.15) is 5.75 Å². The van der Waals surface area contributed by atoms with Crippen molar-refractivity contribution < 1.29 is 14.8 Å². The number of aliphatic hydroxyl groups excluding tert-OH is 1. The second kappa shape index (κ2) is 6.24. The number of ether oxygens (including phenoxy) is 1. The van der Waals surface area contributed by atoms with E-state index in [4.69, 9.17) is 4.74 Å². The molecule has 5 nitrogen and oxygen atoms in total. The molecule has 0 aliphatic carbocycles. The Bertz CT molecular complexity index is 685. The molecule has 0 saturated carbocycles. The molecule has 0 fully saturated rings. The Morgan fingerprint density at radius 3 is 2.57 bits per heavy atom. The summed E-state index contributed by atoms with van der Waals surface area (Å²) in [4.78, 5) is 10.7. The number of aliphatic hydroxyl groups is 1. The standard InChI is InChI=1S/C15H14BrNO4/c1-9-4-3-5-14(15(9)17(19)20)21-13-7-6-11(10(2)18)8-12(13)16/h3-8,10,18H,1-2H3/t10-/m0/s1. The van der Waals surface area contributed by atoms with Crippen LogP contribution in [0.4, 0.5) is 5.69 Å². The highest BCUT2D eigenvalue weighted by Gasteiger charge is 2.19. The number of halogens is 1. The van der Waals surface area contributed by atoms with Crippen molar-refractivity contribution in [1.82, 2.24) is 0 Å². The summed E-state index contributed by atoms with van der Waals surface area (Å²) in [7, 11) is 0. The molecule has 0 aromatic heterocycles. The molecule has 0 heterocycles. The number of rotatable bonds is 4. The summed E-state index contributed by atoms with van der Waals surface area (Å²) < 4.78 is 6.27. The highest BCUT2D eigenvalue weighted by molar-refractivity contribution is 9.10. The average molecular weight is 352 g/mol. The van der Waals surface area contributed by atoms with Crippen LogP contribution < -0.4 is 4.74 Å². The molecule has 0 spiro atoms. The van der Waals surface area contributed by atoms with E-state index >= 15 is 0 Å². The maximum atomic E-state index is 11.1. The van der Waals surface area contributed by atoms with E-state index < -0.39 is 11.0 Å². The quantitative estimate of drug-likeness (QED) is 0.649. The van der Waals surface area contributed by atoms with Crippen molar-refractivity contribution in [3.8, 4) is 11.5 Å². The van der Waals surface area contributed by atoms with Crippen molar-refractivity contribution >= 4 is 21.6 Å². The summed E-state index contributed by atoms with van der Waals surface area (Å²) >= 11 is 3.35. The molecule has 1 atom stereocenters. The summed E-state index contributed by atoms with van der Waals surface area (Å²) in [5.74, 6) is 0.638. The van der Waals surface area contributed by atoms with E-state index in [1.807, 2.05) is 0 Å². The van der Waals surface area contributed by atoms with E-state index in [1.165, 1.54) is 0 Å². The molecular formula is C15H14BrNO4. The second-order valence-electron chi connectivity index (χ2n) is 4.65.